The number of carbonyl (C=O) groups is 2. The highest BCUT2D eigenvalue weighted by molar-refractivity contribution is 6.30. The van der Waals surface area contributed by atoms with Crippen LogP contribution in [0.2, 0.25) is 5.02 Å². The van der Waals surface area contributed by atoms with Crippen molar-refractivity contribution >= 4 is 23.4 Å². The number of rotatable bonds is 4. The summed E-state index contributed by atoms with van der Waals surface area (Å²) in [6, 6.07) is 14.1. The topological polar surface area (TPSA) is 76.9 Å². The van der Waals surface area contributed by atoms with Crippen molar-refractivity contribution in [3.05, 3.63) is 70.9 Å². The zero-order chi connectivity index (χ0) is 17.8. The zero-order valence-electron chi connectivity index (χ0n) is 13.4. The molecule has 0 aliphatic carbocycles. The number of imide groups is 1. The van der Waals surface area contributed by atoms with Crippen LogP contribution in [0.25, 0.3) is 11.3 Å². The minimum atomic E-state index is -0.486. The van der Waals surface area contributed by atoms with E-state index < -0.39 is 11.8 Å². The number of aryl methyl sites for hydroxylation is 1. The van der Waals surface area contributed by atoms with E-state index in [0.29, 0.717) is 16.3 Å². The van der Waals surface area contributed by atoms with E-state index in [1.165, 1.54) is 4.68 Å². The minimum Gasteiger partial charge on any atom is -0.291 e. The van der Waals surface area contributed by atoms with Crippen LogP contribution in [0, 0.1) is 6.92 Å². The van der Waals surface area contributed by atoms with Crippen molar-refractivity contribution < 1.29 is 9.59 Å². The standard InChI is InChI=1S/C18H15ClN4O2/c1-12-2-4-13(5-3-12)16-10-23(22-21-16)11-17(24)20-18(25)14-6-8-15(19)9-7-14/h2-10H,11H2,1H3,(H,20,24,25). The Kier molecular flexibility index (Phi) is 4.90. The quantitative estimate of drug-likeness (QED) is 0.781. The Morgan fingerprint density at radius 1 is 1.08 bits per heavy atom. The van der Waals surface area contributed by atoms with Crippen LogP contribution in [-0.2, 0) is 11.3 Å². The predicted octanol–water partition coefficient (Wildman–Crippen LogP) is 2.86. The molecule has 0 saturated heterocycles. The first-order valence-corrected chi connectivity index (χ1v) is 7.96. The van der Waals surface area contributed by atoms with E-state index in [1.54, 1.807) is 30.5 Å². The van der Waals surface area contributed by atoms with E-state index in [0.717, 1.165) is 11.1 Å². The Labute approximate surface area is 149 Å². The number of amides is 2. The summed E-state index contributed by atoms with van der Waals surface area (Å²) in [5.41, 5.74) is 3.08. The number of nitrogens with zero attached hydrogens (tertiary/aromatic N) is 3. The van der Waals surface area contributed by atoms with E-state index in [4.69, 9.17) is 11.6 Å². The van der Waals surface area contributed by atoms with Crippen molar-refractivity contribution in [2.75, 3.05) is 0 Å². The van der Waals surface area contributed by atoms with Gasteiger partial charge < -0.3 is 0 Å². The Morgan fingerprint density at radius 2 is 1.76 bits per heavy atom. The molecule has 0 radical (unpaired) electrons. The molecule has 0 unspecified atom stereocenters. The summed E-state index contributed by atoms with van der Waals surface area (Å²) in [5.74, 6) is -0.958. The molecule has 1 aromatic heterocycles. The molecule has 0 aliphatic rings. The number of hydrogen-bond acceptors (Lipinski definition) is 4. The molecule has 126 valence electrons. The van der Waals surface area contributed by atoms with Gasteiger partial charge in [0.2, 0.25) is 5.91 Å². The van der Waals surface area contributed by atoms with Crippen LogP contribution >= 0.6 is 11.6 Å². The molecule has 6 nitrogen and oxygen atoms in total. The lowest BCUT2D eigenvalue weighted by molar-refractivity contribution is -0.120. The highest BCUT2D eigenvalue weighted by atomic mass is 35.5. The molecular weight excluding hydrogens is 340 g/mol. The van der Waals surface area contributed by atoms with Gasteiger partial charge in [-0.15, -0.1) is 5.10 Å². The van der Waals surface area contributed by atoms with Crippen molar-refractivity contribution in [3.63, 3.8) is 0 Å². The van der Waals surface area contributed by atoms with E-state index in [2.05, 4.69) is 15.6 Å². The maximum absolute atomic E-state index is 12.0. The van der Waals surface area contributed by atoms with Crippen molar-refractivity contribution in [2.24, 2.45) is 0 Å². The smallest absolute Gasteiger partial charge is 0.257 e. The lowest BCUT2D eigenvalue weighted by atomic mass is 10.1. The molecule has 0 spiro atoms. The fraction of sp³-hybridized carbons (Fsp3) is 0.111. The Balaban J connectivity index is 1.62. The van der Waals surface area contributed by atoms with Crippen molar-refractivity contribution in [2.45, 2.75) is 13.5 Å². The van der Waals surface area contributed by atoms with Gasteiger partial charge in [0, 0.05) is 16.1 Å². The minimum absolute atomic E-state index is 0.0990. The van der Waals surface area contributed by atoms with Crippen LogP contribution < -0.4 is 5.32 Å². The summed E-state index contributed by atoms with van der Waals surface area (Å²) in [6.07, 6.45) is 1.66. The largest absolute Gasteiger partial charge is 0.291 e. The number of hydrogen-bond donors (Lipinski definition) is 1. The van der Waals surface area contributed by atoms with Crippen molar-refractivity contribution in [1.29, 1.82) is 0 Å². The van der Waals surface area contributed by atoms with Crippen LogP contribution in [0.15, 0.2) is 54.7 Å². The molecule has 0 fully saturated rings. The summed E-state index contributed by atoms with van der Waals surface area (Å²) in [5, 5.41) is 10.8. The lowest BCUT2D eigenvalue weighted by Gasteiger charge is -2.04. The first-order valence-electron chi connectivity index (χ1n) is 7.58. The average molecular weight is 355 g/mol. The second-order valence-electron chi connectivity index (χ2n) is 5.55. The molecule has 0 saturated carbocycles. The van der Waals surface area contributed by atoms with Gasteiger partial charge in [0.1, 0.15) is 12.2 Å². The number of nitrogens with one attached hydrogen (secondary N) is 1. The second-order valence-corrected chi connectivity index (χ2v) is 5.99. The van der Waals surface area contributed by atoms with Gasteiger partial charge in [-0.25, -0.2) is 4.68 Å². The first-order chi connectivity index (χ1) is 12.0. The van der Waals surface area contributed by atoms with E-state index in [-0.39, 0.29) is 6.54 Å². The molecule has 2 amide bonds. The highest BCUT2D eigenvalue weighted by Crippen LogP contribution is 2.16. The number of benzene rings is 2. The van der Waals surface area contributed by atoms with Crippen LogP contribution in [0.4, 0.5) is 0 Å². The molecule has 0 bridgehead atoms. The third-order valence-corrected chi connectivity index (χ3v) is 3.80. The Morgan fingerprint density at radius 3 is 2.44 bits per heavy atom. The van der Waals surface area contributed by atoms with Gasteiger partial charge in [-0.05, 0) is 31.2 Å². The molecule has 1 heterocycles. The summed E-state index contributed by atoms with van der Waals surface area (Å²) >= 11 is 5.77. The number of halogens is 1. The van der Waals surface area contributed by atoms with Crippen LogP contribution in [0.3, 0.4) is 0 Å². The fourth-order valence-corrected chi connectivity index (χ4v) is 2.34. The van der Waals surface area contributed by atoms with Crippen molar-refractivity contribution in [3.8, 4) is 11.3 Å². The summed E-state index contributed by atoms with van der Waals surface area (Å²) in [6.45, 7) is 1.90. The van der Waals surface area contributed by atoms with Crippen LogP contribution in [0.5, 0.6) is 0 Å². The maximum atomic E-state index is 12.0. The molecule has 2 aromatic carbocycles. The van der Waals surface area contributed by atoms with Gasteiger partial charge in [0.25, 0.3) is 5.91 Å². The summed E-state index contributed by atoms with van der Waals surface area (Å²) in [7, 11) is 0. The Bertz CT molecular complexity index is 902. The lowest BCUT2D eigenvalue weighted by Crippen LogP contribution is -2.33. The first kappa shape index (κ1) is 16.9. The monoisotopic (exact) mass is 354 g/mol. The number of carbonyl (C=O) groups excluding carboxylic acids is 2. The zero-order valence-corrected chi connectivity index (χ0v) is 14.2. The molecule has 7 heteroatoms. The number of aromatic nitrogens is 3. The van der Waals surface area contributed by atoms with E-state index in [9.17, 15) is 9.59 Å². The molecular formula is C18H15ClN4O2. The molecule has 3 rings (SSSR count). The third kappa shape index (κ3) is 4.30. The predicted molar refractivity (Wildman–Crippen MR) is 94.1 cm³/mol. The van der Waals surface area contributed by atoms with Crippen LogP contribution in [-0.4, -0.2) is 26.8 Å². The third-order valence-electron chi connectivity index (χ3n) is 3.55. The van der Waals surface area contributed by atoms with Crippen molar-refractivity contribution in [1.82, 2.24) is 20.3 Å². The van der Waals surface area contributed by atoms with Gasteiger partial charge in [-0.1, -0.05) is 46.6 Å². The SMILES string of the molecule is Cc1ccc(-c2cn(CC(=O)NC(=O)c3ccc(Cl)cc3)nn2)cc1. The van der Waals surface area contributed by atoms with Gasteiger partial charge in [0.15, 0.2) is 0 Å². The second kappa shape index (κ2) is 7.27. The van der Waals surface area contributed by atoms with Gasteiger partial charge >= 0.3 is 0 Å². The summed E-state index contributed by atoms with van der Waals surface area (Å²) < 4.78 is 1.39. The average Bonchev–Trinajstić information content (AvgIpc) is 3.04. The van der Waals surface area contributed by atoms with Gasteiger partial charge in [-0.3, -0.25) is 14.9 Å². The summed E-state index contributed by atoms with van der Waals surface area (Å²) in [4.78, 5) is 24.0. The molecule has 25 heavy (non-hydrogen) atoms. The van der Waals surface area contributed by atoms with Gasteiger partial charge in [0.05, 0.1) is 6.20 Å². The van der Waals surface area contributed by atoms with Gasteiger partial charge in [-0.2, -0.15) is 0 Å². The molecule has 0 atom stereocenters. The normalized spacial score (nSPS) is 10.5. The maximum Gasteiger partial charge on any atom is 0.257 e. The van der Waals surface area contributed by atoms with Crippen LogP contribution in [0.1, 0.15) is 15.9 Å². The molecule has 1 N–H and O–H groups in total. The van der Waals surface area contributed by atoms with E-state index >= 15 is 0 Å². The van der Waals surface area contributed by atoms with E-state index in [1.807, 2.05) is 31.2 Å². The Hall–Kier alpha value is -2.99. The molecule has 0 aliphatic heterocycles. The highest BCUT2D eigenvalue weighted by Gasteiger charge is 2.12. The fourth-order valence-electron chi connectivity index (χ4n) is 2.22. The molecule has 3 aromatic rings.